The van der Waals surface area contributed by atoms with Crippen molar-refractivity contribution in [2.75, 3.05) is 0 Å². The van der Waals surface area contributed by atoms with Crippen LogP contribution >= 0.6 is 0 Å². The van der Waals surface area contributed by atoms with Gasteiger partial charge in [-0.3, -0.25) is 0 Å². The second kappa shape index (κ2) is 12.9. The van der Waals surface area contributed by atoms with Crippen molar-refractivity contribution < 1.29 is 0 Å². The van der Waals surface area contributed by atoms with Crippen LogP contribution in [0.15, 0.2) is 157 Å². The molecule has 0 radical (unpaired) electrons. The molecule has 0 spiro atoms. The van der Waals surface area contributed by atoms with Gasteiger partial charge in [0.05, 0.1) is 11.0 Å². The molecule has 1 atom stereocenters. The van der Waals surface area contributed by atoms with Crippen molar-refractivity contribution in [3.63, 3.8) is 0 Å². The maximum atomic E-state index is 2.51. The standard InChI is InChI=1S/C58H51N/c1-35-15-11-12-18-43(35)44-27-28-52-56(36(44)2)47-25-21-40(31-48(47)37(3)57(52,4)5)41-23-30-55-50(33-41)49-32-39(38-16-9-8-10-17-38)22-29-54(49)59(55)42-24-26-46-45-19-13-14-20-51(45)58(6,7)53(46)34-42/h8-11,13-17,19-34,37H,12,18H2,1-7H3. The molecule has 0 fully saturated rings. The molecule has 1 nitrogen and oxygen atoms in total. The van der Waals surface area contributed by atoms with Gasteiger partial charge in [0.2, 0.25) is 0 Å². The maximum absolute atomic E-state index is 2.51. The molecule has 0 N–H and O–H groups in total. The average molecular weight is 762 g/mol. The first-order valence-corrected chi connectivity index (χ1v) is 21.6. The number of aromatic nitrogens is 1. The Labute approximate surface area is 349 Å². The van der Waals surface area contributed by atoms with Gasteiger partial charge in [-0.25, -0.2) is 0 Å². The fourth-order valence-electron chi connectivity index (χ4n) is 11.1. The van der Waals surface area contributed by atoms with Crippen molar-refractivity contribution in [3.8, 4) is 50.2 Å². The summed E-state index contributed by atoms with van der Waals surface area (Å²) < 4.78 is 2.50. The molecule has 0 amide bonds. The first kappa shape index (κ1) is 35.9. The SMILES string of the molecule is CC1=C(c2ccc3c(c2C)-c2ccc(-c4ccc5c(c4)c4cc(-c6ccccc6)ccc4n5-c4ccc5c(c4)C(C)(C)c4ccccc4-5)cc2C(C)C3(C)C)CCC=C1. The molecule has 0 bridgehead atoms. The lowest BCUT2D eigenvalue weighted by atomic mass is 9.62. The van der Waals surface area contributed by atoms with Crippen LogP contribution in [0.5, 0.6) is 0 Å². The van der Waals surface area contributed by atoms with Crippen LogP contribution in [0.4, 0.5) is 0 Å². The van der Waals surface area contributed by atoms with Gasteiger partial charge in [-0.2, -0.15) is 0 Å². The zero-order chi connectivity index (χ0) is 40.4. The lowest BCUT2D eigenvalue weighted by Gasteiger charge is -2.41. The minimum atomic E-state index is -0.0729. The summed E-state index contributed by atoms with van der Waals surface area (Å²) in [5, 5.41) is 2.55. The second-order valence-electron chi connectivity index (χ2n) is 18.6. The number of hydrogen-bond donors (Lipinski definition) is 0. The van der Waals surface area contributed by atoms with E-state index in [2.05, 4.69) is 205 Å². The summed E-state index contributed by atoms with van der Waals surface area (Å²) in [5.74, 6) is 0.364. The molecule has 59 heavy (non-hydrogen) atoms. The first-order valence-electron chi connectivity index (χ1n) is 21.6. The first-order chi connectivity index (χ1) is 28.5. The molecular formula is C58H51N. The predicted molar refractivity (Wildman–Crippen MR) is 252 cm³/mol. The van der Waals surface area contributed by atoms with E-state index in [0.717, 1.165) is 12.8 Å². The highest BCUT2D eigenvalue weighted by molar-refractivity contribution is 6.12. The van der Waals surface area contributed by atoms with Crippen LogP contribution in [0.25, 0.3) is 77.6 Å². The lowest BCUT2D eigenvalue weighted by molar-refractivity contribution is 0.431. The van der Waals surface area contributed by atoms with Crippen LogP contribution in [-0.2, 0) is 10.8 Å². The Morgan fingerprint density at radius 1 is 0.542 bits per heavy atom. The number of hydrogen-bond acceptors (Lipinski definition) is 0. The highest BCUT2D eigenvalue weighted by atomic mass is 15.0. The lowest BCUT2D eigenvalue weighted by Crippen LogP contribution is -2.30. The Morgan fingerprint density at radius 2 is 1.17 bits per heavy atom. The van der Waals surface area contributed by atoms with E-state index in [9.17, 15) is 0 Å². The van der Waals surface area contributed by atoms with Crippen LogP contribution in [0.3, 0.4) is 0 Å². The molecular weight excluding hydrogens is 711 g/mol. The molecule has 1 heteroatoms. The van der Waals surface area contributed by atoms with Gasteiger partial charge in [0, 0.05) is 21.9 Å². The molecule has 11 rings (SSSR count). The number of nitrogens with zero attached hydrogens (tertiary/aromatic N) is 1. The number of benzene rings is 7. The molecule has 1 unspecified atom stereocenters. The summed E-state index contributed by atoms with van der Waals surface area (Å²) in [4.78, 5) is 0. The van der Waals surface area contributed by atoms with Crippen molar-refractivity contribution in [3.05, 3.63) is 191 Å². The van der Waals surface area contributed by atoms with Gasteiger partial charge in [0.25, 0.3) is 0 Å². The zero-order valence-corrected chi connectivity index (χ0v) is 35.4. The fourth-order valence-corrected chi connectivity index (χ4v) is 11.1. The van der Waals surface area contributed by atoms with E-state index >= 15 is 0 Å². The molecule has 1 aromatic heterocycles. The van der Waals surface area contributed by atoms with Gasteiger partial charge in [0.15, 0.2) is 0 Å². The van der Waals surface area contributed by atoms with Crippen LogP contribution < -0.4 is 0 Å². The maximum Gasteiger partial charge on any atom is 0.0541 e. The average Bonchev–Trinajstić information content (AvgIpc) is 3.70. The van der Waals surface area contributed by atoms with Crippen molar-refractivity contribution in [1.29, 1.82) is 0 Å². The van der Waals surface area contributed by atoms with Crippen molar-refractivity contribution in [2.45, 2.75) is 78.1 Å². The van der Waals surface area contributed by atoms with E-state index in [4.69, 9.17) is 0 Å². The Hall–Kier alpha value is -6.18. The van der Waals surface area contributed by atoms with Crippen LogP contribution in [0.1, 0.15) is 93.7 Å². The monoisotopic (exact) mass is 761 g/mol. The highest BCUT2D eigenvalue weighted by Gasteiger charge is 2.39. The van der Waals surface area contributed by atoms with E-state index in [-0.39, 0.29) is 10.8 Å². The molecule has 1 heterocycles. The summed E-state index contributed by atoms with van der Waals surface area (Å²) in [5.41, 5.74) is 25.6. The molecule has 0 aliphatic heterocycles. The molecule has 0 saturated carbocycles. The zero-order valence-electron chi connectivity index (χ0n) is 35.4. The van der Waals surface area contributed by atoms with E-state index in [1.807, 2.05) is 0 Å². The quantitative estimate of drug-likeness (QED) is 0.168. The highest BCUT2D eigenvalue weighted by Crippen LogP contribution is 2.54. The molecule has 7 aromatic carbocycles. The smallest absolute Gasteiger partial charge is 0.0541 e. The third-order valence-electron chi connectivity index (χ3n) is 14.8. The van der Waals surface area contributed by atoms with E-state index in [1.165, 1.54) is 117 Å². The van der Waals surface area contributed by atoms with Crippen LogP contribution in [0.2, 0.25) is 0 Å². The van der Waals surface area contributed by atoms with Gasteiger partial charge in [-0.15, -0.1) is 0 Å². The van der Waals surface area contributed by atoms with Gasteiger partial charge < -0.3 is 4.57 Å². The van der Waals surface area contributed by atoms with Crippen LogP contribution in [-0.4, -0.2) is 4.57 Å². The Kier molecular flexibility index (Phi) is 7.86. The number of rotatable bonds is 4. The predicted octanol–water partition coefficient (Wildman–Crippen LogP) is 15.9. The Bertz CT molecular complexity index is 3120. The van der Waals surface area contributed by atoms with Crippen molar-refractivity contribution in [1.82, 2.24) is 4.57 Å². The minimum absolute atomic E-state index is 0.00283. The van der Waals surface area contributed by atoms with Crippen LogP contribution in [0, 0.1) is 6.92 Å². The van der Waals surface area contributed by atoms with E-state index < -0.39 is 0 Å². The number of fused-ring (bicyclic) bond motifs is 9. The summed E-state index contributed by atoms with van der Waals surface area (Å²) in [7, 11) is 0. The van der Waals surface area contributed by atoms with Gasteiger partial charge >= 0.3 is 0 Å². The fraction of sp³-hybridized carbons (Fsp3) is 0.207. The summed E-state index contributed by atoms with van der Waals surface area (Å²) >= 11 is 0. The second-order valence-corrected chi connectivity index (χ2v) is 18.6. The number of allylic oxidation sites excluding steroid dienone is 4. The van der Waals surface area contributed by atoms with Gasteiger partial charge in [0.1, 0.15) is 0 Å². The minimum Gasteiger partial charge on any atom is -0.309 e. The summed E-state index contributed by atoms with van der Waals surface area (Å²) in [6.07, 6.45) is 6.85. The van der Waals surface area contributed by atoms with Gasteiger partial charge in [-0.1, -0.05) is 150 Å². The molecule has 3 aliphatic carbocycles. The normalized spacial score (nSPS) is 17.2. The summed E-state index contributed by atoms with van der Waals surface area (Å²) in [6, 6.07) is 53.3. The van der Waals surface area contributed by atoms with Crippen molar-refractivity contribution >= 4 is 27.4 Å². The topological polar surface area (TPSA) is 4.93 Å². The van der Waals surface area contributed by atoms with Gasteiger partial charge in [-0.05, 0) is 163 Å². The van der Waals surface area contributed by atoms with E-state index in [1.54, 1.807) is 0 Å². The third-order valence-corrected chi connectivity index (χ3v) is 14.8. The Balaban J connectivity index is 1.09. The molecule has 0 saturated heterocycles. The molecule has 288 valence electrons. The summed E-state index contributed by atoms with van der Waals surface area (Å²) in [6.45, 7) is 16.7. The largest absolute Gasteiger partial charge is 0.309 e. The third kappa shape index (κ3) is 5.23. The van der Waals surface area contributed by atoms with E-state index in [0.29, 0.717) is 5.92 Å². The van der Waals surface area contributed by atoms with Crippen molar-refractivity contribution in [2.24, 2.45) is 0 Å². The Morgan fingerprint density at radius 3 is 1.92 bits per heavy atom. The molecule has 3 aliphatic rings. The molecule has 8 aromatic rings.